The normalized spacial score (nSPS) is 18.0. The van der Waals surface area contributed by atoms with Crippen LogP contribution in [0.2, 0.25) is 0 Å². The molecule has 0 N–H and O–H groups in total. The fourth-order valence-electron chi connectivity index (χ4n) is 4.63. The molecule has 5 rings (SSSR count). The molecule has 1 saturated heterocycles. The van der Waals surface area contributed by atoms with E-state index in [1.54, 1.807) is 13.3 Å². The molecule has 1 aromatic carbocycles. The molecule has 7 heteroatoms. The van der Waals surface area contributed by atoms with Crippen LogP contribution in [0.15, 0.2) is 42.7 Å². The van der Waals surface area contributed by atoms with Gasteiger partial charge in [-0.15, -0.1) is 0 Å². The van der Waals surface area contributed by atoms with Crippen LogP contribution in [-0.2, 0) is 11.2 Å². The van der Waals surface area contributed by atoms with Gasteiger partial charge in [0.15, 0.2) is 0 Å². The first-order valence-corrected chi connectivity index (χ1v) is 10.8. The number of nitrogens with zero attached hydrogens (tertiary/aromatic N) is 5. The molecule has 1 atom stereocenters. The third-order valence-electron chi connectivity index (χ3n) is 6.13. The summed E-state index contributed by atoms with van der Waals surface area (Å²) in [6, 6.07) is 12.0. The number of pyridine rings is 2. The Labute approximate surface area is 186 Å². The van der Waals surface area contributed by atoms with Crippen molar-refractivity contribution in [3.63, 3.8) is 0 Å². The van der Waals surface area contributed by atoms with E-state index in [1.807, 2.05) is 36.5 Å². The predicted molar refractivity (Wildman–Crippen MR) is 122 cm³/mol. The van der Waals surface area contributed by atoms with Gasteiger partial charge in [0.1, 0.15) is 17.1 Å². The van der Waals surface area contributed by atoms with Crippen LogP contribution in [0.3, 0.4) is 0 Å². The number of fused-ring (bicyclic) bond motifs is 3. The van der Waals surface area contributed by atoms with Crippen molar-refractivity contribution in [2.75, 3.05) is 13.7 Å². The maximum atomic E-state index is 9.47. The number of imidazole rings is 1. The zero-order valence-electron chi connectivity index (χ0n) is 18.5. The Bertz CT molecular complexity index is 1330. The van der Waals surface area contributed by atoms with Gasteiger partial charge in [-0.3, -0.25) is 9.97 Å². The van der Waals surface area contributed by atoms with E-state index in [4.69, 9.17) is 14.5 Å². The zero-order chi connectivity index (χ0) is 22.3. The zero-order valence-corrected chi connectivity index (χ0v) is 18.5. The summed E-state index contributed by atoms with van der Waals surface area (Å²) in [5.74, 6) is 1.67. The lowest BCUT2D eigenvalue weighted by molar-refractivity contribution is -0.0688. The van der Waals surface area contributed by atoms with Crippen LogP contribution in [0.4, 0.5) is 0 Å². The van der Waals surface area contributed by atoms with Crippen LogP contribution in [0.1, 0.15) is 49.8 Å². The Morgan fingerprint density at radius 1 is 1.19 bits per heavy atom. The first kappa shape index (κ1) is 20.4. The van der Waals surface area contributed by atoms with Crippen LogP contribution in [-0.4, -0.2) is 38.8 Å². The lowest BCUT2D eigenvalue weighted by Crippen LogP contribution is -2.35. The van der Waals surface area contributed by atoms with Crippen molar-refractivity contribution < 1.29 is 9.47 Å². The molecule has 32 heavy (non-hydrogen) atoms. The second-order valence-electron chi connectivity index (χ2n) is 8.85. The molecule has 3 aromatic heterocycles. The molecule has 0 spiro atoms. The molecule has 7 nitrogen and oxygen atoms in total. The van der Waals surface area contributed by atoms with Gasteiger partial charge < -0.3 is 14.0 Å². The Balaban J connectivity index is 1.71. The van der Waals surface area contributed by atoms with Crippen molar-refractivity contribution in [3.05, 3.63) is 59.8 Å². The van der Waals surface area contributed by atoms with Crippen LogP contribution in [0, 0.1) is 11.3 Å². The van der Waals surface area contributed by atoms with Crippen LogP contribution < -0.4 is 4.74 Å². The minimum atomic E-state index is -0.213. The lowest BCUT2D eigenvalue weighted by atomic mass is 9.93. The number of hydrogen-bond donors (Lipinski definition) is 0. The highest BCUT2D eigenvalue weighted by Gasteiger charge is 2.32. The van der Waals surface area contributed by atoms with Crippen molar-refractivity contribution in [2.45, 2.75) is 44.8 Å². The molecule has 0 saturated carbocycles. The standard InChI is InChI=1S/C25H25N5O2/c1-25(2)12-18(8-9-32-25)30-23(11-17-5-6-19(31-3)14-27-17)29-22-15-28-21-7-4-16(13-26)10-20(21)24(22)30/h4-7,10,14-15,18H,8-9,11-12H2,1-3H3. The molecular formula is C25H25N5O2. The summed E-state index contributed by atoms with van der Waals surface area (Å²) < 4.78 is 13.6. The van der Waals surface area contributed by atoms with Crippen LogP contribution in [0.5, 0.6) is 5.75 Å². The summed E-state index contributed by atoms with van der Waals surface area (Å²) >= 11 is 0. The molecule has 4 aromatic rings. The Hall–Kier alpha value is -3.50. The molecule has 1 aliphatic heterocycles. The molecule has 0 amide bonds. The summed E-state index contributed by atoms with van der Waals surface area (Å²) in [5.41, 5.74) is 4.04. The smallest absolute Gasteiger partial charge is 0.137 e. The third-order valence-corrected chi connectivity index (χ3v) is 6.13. The second-order valence-corrected chi connectivity index (χ2v) is 8.85. The summed E-state index contributed by atoms with van der Waals surface area (Å²) in [7, 11) is 1.64. The monoisotopic (exact) mass is 427 g/mol. The van der Waals surface area contributed by atoms with E-state index in [-0.39, 0.29) is 11.6 Å². The van der Waals surface area contributed by atoms with Crippen LogP contribution in [0.25, 0.3) is 21.9 Å². The number of aromatic nitrogens is 4. The minimum absolute atomic E-state index is 0.213. The number of nitriles is 1. The molecule has 4 heterocycles. The minimum Gasteiger partial charge on any atom is -0.495 e. The van der Waals surface area contributed by atoms with Gasteiger partial charge in [-0.2, -0.15) is 5.26 Å². The number of benzene rings is 1. The van der Waals surface area contributed by atoms with E-state index < -0.39 is 0 Å². The van der Waals surface area contributed by atoms with Crippen LogP contribution >= 0.6 is 0 Å². The first-order valence-electron chi connectivity index (χ1n) is 10.8. The van der Waals surface area contributed by atoms with Gasteiger partial charge in [0.25, 0.3) is 0 Å². The Kier molecular flexibility index (Phi) is 5.03. The molecule has 1 unspecified atom stereocenters. The molecule has 162 valence electrons. The number of rotatable bonds is 4. The predicted octanol–water partition coefficient (Wildman–Crippen LogP) is 4.58. The summed E-state index contributed by atoms with van der Waals surface area (Å²) in [5, 5.41) is 10.4. The SMILES string of the molecule is COc1ccc(Cc2nc3cnc4ccc(C#N)cc4c3n2C2CCOC(C)(C)C2)nc1. The molecule has 0 radical (unpaired) electrons. The summed E-state index contributed by atoms with van der Waals surface area (Å²) in [6.07, 6.45) is 5.94. The van der Waals surface area contributed by atoms with Crippen molar-refractivity contribution in [1.82, 2.24) is 19.5 Å². The van der Waals surface area contributed by atoms with E-state index in [0.717, 1.165) is 52.0 Å². The fourth-order valence-corrected chi connectivity index (χ4v) is 4.63. The average molecular weight is 428 g/mol. The largest absolute Gasteiger partial charge is 0.495 e. The summed E-state index contributed by atoms with van der Waals surface area (Å²) in [6.45, 7) is 4.97. The van der Waals surface area contributed by atoms with E-state index in [9.17, 15) is 5.26 Å². The molecule has 0 aliphatic carbocycles. The van der Waals surface area contributed by atoms with Crippen molar-refractivity contribution in [3.8, 4) is 11.8 Å². The molecular weight excluding hydrogens is 402 g/mol. The van der Waals surface area contributed by atoms with Crippen molar-refractivity contribution in [2.24, 2.45) is 0 Å². The van der Waals surface area contributed by atoms with E-state index in [0.29, 0.717) is 18.6 Å². The fraction of sp³-hybridized carbons (Fsp3) is 0.360. The molecule has 0 bridgehead atoms. The lowest BCUT2D eigenvalue weighted by Gasteiger charge is -2.37. The number of methoxy groups -OCH3 is 1. The number of ether oxygens (including phenoxy) is 2. The highest BCUT2D eigenvalue weighted by molar-refractivity contribution is 6.02. The Morgan fingerprint density at radius 3 is 2.78 bits per heavy atom. The highest BCUT2D eigenvalue weighted by Crippen LogP contribution is 2.37. The highest BCUT2D eigenvalue weighted by atomic mass is 16.5. The van der Waals surface area contributed by atoms with E-state index in [2.05, 4.69) is 34.5 Å². The van der Waals surface area contributed by atoms with Gasteiger partial charge in [0.05, 0.1) is 47.8 Å². The summed E-state index contributed by atoms with van der Waals surface area (Å²) in [4.78, 5) is 14.1. The van der Waals surface area contributed by atoms with Gasteiger partial charge in [-0.05, 0) is 57.0 Å². The van der Waals surface area contributed by atoms with Gasteiger partial charge in [-0.25, -0.2) is 4.98 Å². The van der Waals surface area contributed by atoms with Gasteiger partial charge >= 0.3 is 0 Å². The van der Waals surface area contributed by atoms with E-state index >= 15 is 0 Å². The van der Waals surface area contributed by atoms with Crippen molar-refractivity contribution >= 4 is 21.9 Å². The molecule has 1 fully saturated rings. The second kappa shape index (κ2) is 7.88. The molecule has 1 aliphatic rings. The maximum Gasteiger partial charge on any atom is 0.137 e. The Morgan fingerprint density at radius 2 is 2.06 bits per heavy atom. The third kappa shape index (κ3) is 3.67. The van der Waals surface area contributed by atoms with Crippen molar-refractivity contribution in [1.29, 1.82) is 5.26 Å². The quantitative estimate of drug-likeness (QED) is 0.474. The van der Waals surface area contributed by atoms with Gasteiger partial charge in [0, 0.05) is 30.1 Å². The maximum absolute atomic E-state index is 9.47. The number of hydrogen-bond acceptors (Lipinski definition) is 6. The van der Waals surface area contributed by atoms with Gasteiger partial charge in [0.2, 0.25) is 0 Å². The average Bonchev–Trinajstić information content (AvgIpc) is 3.17. The first-order chi connectivity index (χ1) is 15.5. The van der Waals surface area contributed by atoms with E-state index in [1.165, 1.54) is 0 Å². The topological polar surface area (TPSA) is 85.9 Å². The van der Waals surface area contributed by atoms with Gasteiger partial charge in [-0.1, -0.05) is 0 Å².